The van der Waals surface area contributed by atoms with Crippen LogP contribution in [0.25, 0.3) is 0 Å². The minimum atomic E-state index is -5.47. The van der Waals surface area contributed by atoms with Gasteiger partial charge in [0.1, 0.15) is 43.2 Å². The number of carbonyl (C=O) groups is 2. The van der Waals surface area contributed by atoms with Crippen LogP contribution in [0.3, 0.4) is 0 Å². The fraction of sp³-hybridized carbons (Fsp3) is 0.822. The molecule has 0 saturated carbocycles. The van der Waals surface area contributed by atoms with Gasteiger partial charge < -0.3 is 60.0 Å². The molecule has 0 aliphatic carbocycles. The monoisotopic (exact) mass is 923 g/mol. The summed E-state index contributed by atoms with van der Waals surface area (Å²) in [5.41, 5.74) is 0. The predicted octanol–water partition coefficient (Wildman–Crippen LogP) is 4.72. The van der Waals surface area contributed by atoms with Crippen LogP contribution in [0.5, 0.6) is 0 Å². The summed E-state index contributed by atoms with van der Waals surface area (Å²) in [7, 11) is -5.47. The third-order valence-corrected chi connectivity index (χ3v) is 12.2. The molecule has 0 spiro atoms. The Balaban J connectivity index is 2.23. The van der Waals surface area contributed by atoms with Gasteiger partial charge in [-0.05, 0) is 57.8 Å². The normalized spacial score (nSPS) is 32.8. The van der Waals surface area contributed by atoms with Gasteiger partial charge in [-0.15, -0.1) is 0 Å². The Labute approximate surface area is 373 Å². The topological polar surface area (TPSA) is 279 Å². The van der Waals surface area contributed by atoms with E-state index >= 15 is 0 Å². The van der Waals surface area contributed by atoms with E-state index in [4.69, 9.17) is 23.3 Å². The molecule has 17 nitrogen and oxygen atoms in total. The lowest BCUT2D eigenvalue weighted by Crippen LogP contribution is -2.58. The van der Waals surface area contributed by atoms with Crippen molar-refractivity contribution in [1.82, 2.24) is 0 Å². The van der Waals surface area contributed by atoms with Gasteiger partial charge in [0, 0.05) is 25.2 Å². The molecule has 63 heavy (non-hydrogen) atoms. The zero-order chi connectivity index (χ0) is 46.6. The van der Waals surface area contributed by atoms with Gasteiger partial charge >= 0.3 is 19.8 Å². The van der Waals surface area contributed by atoms with Crippen LogP contribution in [0.2, 0.25) is 0 Å². The summed E-state index contributed by atoms with van der Waals surface area (Å²) in [4.78, 5) is 36.4. The second-order valence-electron chi connectivity index (χ2n) is 16.8. The molecular weight excluding hydrogens is 843 g/mol. The molecule has 0 amide bonds. The van der Waals surface area contributed by atoms with Crippen LogP contribution in [-0.2, 0) is 37.4 Å². The summed E-state index contributed by atoms with van der Waals surface area (Å²) in [6.07, 6.45) is 2.83. The number of ether oxygens (including phenoxy) is 3. The number of rotatable bonds is 21. The Hall–Kier alpha value is -2.09. The Morgan fingerprint density at radius 2 is 1.48 bits per heavy atom. The lowest BCUT2D eigenvalue weighted by Gasteiger charge is -2.39. The van der Waals surface area contributed by atoms with E-state index in [-0.39, 0.29) is 25.7 Å². The van der Waals surface area contributed by atoms with E-state index in [0.717, 1.165) is 57.4 Å². The molecule has 9 N–H and O–H groups in total. The molecule has 2 rings (SSSR count). The number of aliphatic hydroxyl groups is 8. The maximum absolute atomic E-state index is 13.5. The summed E-state index contributed by atoms with van der Waals surface area (Å²) >= 11 is 0. The van der Waals surface area contributed by atoms with Gasteiger partial charge in [-0.1, -0.05) is 108 Å². The molecule has 1 fully saturated rings. The third-order valence-electron chi connectivity index (χ3n) is 11.3. The van der Waals surface area contributed by atoms with Gasteiger partial charge in [-0.2, -0.15) is 0 Å². The van der Waals surface area contributed by atoms with Gasteiger partial charge in [0.25, 0.3) is 0 Å². The molecule has 2 aliphatic rings. The molecule has 18 heteroatoms. The predicted molar refractivity (Wildman–Crippen MR) is 234 cm³/mol. The van der Waals surface area contributed by atoms with Crippen molar-refractivity contribution >= 4 is 19.8 Å². The molecule has 366 valence electrons. The summed E-state index contributed by atoms with van der Waals surface area (Å²) in [6, 6.07) is 0. The number of esters is 2. The second kappa shape index (κ2) is 32.6. The molecule has 13 atom stereocenters. The molecule has 2 heterocycles. The number of phosphoric ester groups is 1. The van der Waals surface area contributed by atoms with Gasteiger partial charge in [0.15, 0.2) is 12.4 Å². The largest absolute Gasteiger partial charge is 0.472 e. The molecular formula is C45H79O17P. The number of allylic oxidation sites excluding steroid dienone is 4. The van der Waals surface area contributed by atoms with Crippen LogP contribution in [-0.4, -0.2) is 138 Å². The molecule has 0 radical (unpaired) electrons. The minimum absolute atomic E-state index is 0.0910. The van der Waals surface area contributed by atoms with Crippen molar-refractivity contribution in [2.45, 2.75) is 216 Å². The fourth-order valence-corrected chi connectivity index (χ4v) is 8.36. The van der Waals surface area contributed by atoms with Crippen LogP contribution >= 0.6 is 7.82 Å². The maximum atomic E-state index is 13.5. The van der Waals surface area contributed by atoms with E-state index in [1.807, 2.05) is 6.92 Å². The Bertz CT molecular complexity index is 1380. The SMILES string of the molecule is CCCCCC/C=C\CCCCCCCC(=O)OC[C@@H]1COP(=O)(O)O[C@H]2[C@H](O)[C@@H](O)[C@H](O)[C@@H](CC=CCCCC(=O)O1)[C@@H](O)CC(O)O[C@H](C=C[C@@H](O)CCCCC)[C@@H](O)[C@H]2O. The number of hydrogen-bond donors (Lipinski definition) is 9. The first-order valence-corrected chi connectivity index (χ1v) is 24.7. The molecule has 0 aromatic rings. The molecule has 1 saturated heterocycles. The van der Waals surface area contributed by atoms with Crippen molar-refractivity contribution in [3.63, 3.8) is 0 Å². The number of unbranched alkanes of at least 4 members (excludes halogenated alkanes) is 11. The Morgan fingerprint density at radius 1 is 0.841 bits per heavy atom. The lowest BCUT2D eigenvalue weighted by atomic mass is 9.83. The van der Waals surface area contributed by atoms with Crippen molar-refractivity contribution in [1.29, 1.82) is 0 Å². The van der Waals surface area contributed by atoms with Crippen molar-refractivity contribution in [3.05, 3.63) is 36.5 Å². The van der Waals surface area contributed by atoms with Crippen LogP contribution in [0.15, 0.2) is 36.5 Å². The summed E-state index contributed by atoms with van der Waals surface area (Å²) in [5.74, 6) is -2.62. The zero-order valence-electron chi connectivity index (χ0n) is 37.4. The van der Waals surface area contributed by atoms with Gasteiger partial charge in [0.2, 0.25) is 0 Å². The minimum Gasteiger partial charge on any atom is -0.462 e. The molecule has 0 aromatic carbocycles. The molecule has 0 aromatic heterocycles. The van der Waals surface area contributed by atoms with Gasteiger partial charge in [0.05, 0.1) is 24.9 Å². The standard InChI is InChI=1S/C45H79O17P/c1-3-5-7-8-9-10-11-12-13-14-15-16-21-25-37(48)58-30-33-31-59-63(56,57)62-45-43(54)41(52)36(28-27-32(46)23-19-6-4-2)61-39(50)29-35(47)34(40(51)42(53)44(45)55)24-20-17-18-22-26-38(49)60-33/h10-11,17,20,27-28,32-36,39-47,50-55H,3-9,12-16,18-19,21-26,29-31H2,1-2H3,(H,56,57)/b11-10-,20-17?,28-27?/t32-,33+,34-,35-,36+,39?,40+,41+,42-,43+,44+,45+/m0/s1. The number of hydrogen-bond acceptors (Lipinski definition) is 16. The molecule has 2 unspecified atom stereocenters. The maximum Gasteiger partial charge on any atom is 0.472 e. The van der Waals surface area contributed by atoms with E-state index in [1.165, 1.54) is 31.8 Å². The van der Waals surface area contributed by atoms with Crippen molar-refractivity contribution in [2.75, 3.05) is 13.2 Å². The average molecular weight is 923 g/mol. The van der Waals surface area contributed by atoms with Crippen molar-refractivity contribution in [2.24, 2.45) is 5.92 Å². The smallest absolute Gasteiger partial charge is 0.462 e. The Morgan fingerprint density at radius 3 is 2.17 bits per heavy atom. The number of cyclic esters (lactones) is 1. The van der Waals surface area contributed by atoms with Crippen LogP contribution in [0.4, 0.5) is 0 Å². The van der Waals surface area contributed by atoms with E-state index in [1.54, 1.807) is 12.2 Å². The van der Waals surface area contributed by atoms with E-state index in [0.29, 0.717) is 25.7 Å². The van der Waals surface area contributed by atoms with E-state index < -0.39 is 113 Å². The number of phosphoric acid groups is 1. The van der Waals surface area contributed by atoms with Crippen molar-refractivity contribution in [3.8, 4) is 0 Å². The first-order chi connectivity index (χ1) is 30.1. The fourth-order valence-electron chi connectivity index (χ4n) is 7.39. The van der Waals surface area contributed by atoms with Crippen molar-refractivity contribution < 1.29 is 83.2 Å². The van der Waals surface area contributed by atoms with Gasteiger partial charge in [-0.25, -0.2) is 4.57 Å². The highest BCUT2D eigenvalue weighted by Gasteiger charge is 2.48. The summed E-state index contributed by atoms with van der Waals surface area (Å²) < 4.78 is 40.2. The molecule has 2 bridgehead atoms. The first-order valence-electron chi connectivity index (χ1n) is 23.2. The van der Waals surface area contributed by atoms with Crippen LogP contribution < -0.4 is 0 Å². The lowest BCUT2D eigenvalue weighted by molar-refractivity contribution is -0.213. The third kappa shape index (κ3) is 23.8. The van der Waals surface area contributed by atoms with E-state index in [9.17, 15) is 59.9 Å². The summed E-state index contributed by atoms with van der Waals surface area (Å²) in [5, 5.41) is 89.1. The zero-order valence-corrected chi connectivity index (χ0v) is 38.3. The number of carbonyl (C=O) groups excluding carboxylic acids is 2. The summed E-state index contributed by atoms with van der Waals surface area (Å²) in [6.45, 7) is 2.75. The number of fused-ring (bicyclic) bond motifs is 4. The van der Waals surface area contributed by atoms with Gasteiger partial charge in [-0.3, -0.25) is 18.6 Å². The first kappa shape index (κ1) is 57.0. The second-order valence-corrected chi connectivity index (χ2v) is 18.2. The van der Waals surface area contributed by atoms with Crippen LogP contribution in [0, 0.1) is 5.92 Å². The van der Waals surface area contributed by atoms with E-state index in [2.05, 4.69) is 19.1 Å². The molecule has 2 aliphatic heterocycles. The quantitative estimate of drug-likeness (QED) is 0.0326. The Kier molecular flexibility index (Phi) is 29.5. The number of aliphatic hydroxyl groups excluding tert-OH is 8. The highest BCUT2D eigenvalue weighted by atomic mass is 31.2. The highest BCUT2D eigenvalue weighted by molar-refractivity contribution is 7.47. The highest BCUT2D eigenvalue weighted by Crippen LogP contribution is 2.47. The average Bonchev–Trinajstić information content (AvgIpc) is 3.24. The van der Waals surface area contributed by atoms with Crippen LogP contribution in [0.1, 0.15) is 149 Å².